The average molecular weight is 361 g/mol. The molecule has 0 aliphatic carbocycles. The molecule has 0 heterocycles. The number of carbonyl (C=O) groups is 1. The maximum atomic E-state index is 12.4. The van der Waals surface area contributed by atoms with Crippen LogP contribution < -0.4 is 14.8 Å². The zero-order valence-electron chi connectivity index (χ0n) is 13.4. The number of hydrogen-bond acceptors (Lipinski definition) is 3. The van der Waals surface area contributed by atoms with Crippen molar-refractivity contribution in [3.8, 4) is 11.5 Å². The van der Waals surface area contributed by atoms with E-state index in [2.05, 4.69) is 10.1 Å². The van der Waals surface area contributed by atoms with Crippen LogP contribution >= 0.6 is 0 Å². The number of anilines is 1. The van der Waals surface area contributed by atoms with Crippen LogP contribution in [0, 0.1) is 0 Å². The summed E-state index contributed by atoms with van der Waals surface area (Å²) >= 11 is 0. The molecule has 26 heavy (non-hydrogen) atoms. The molecule has 1 amide bonds. The molecule has 3 aromatic carbocycles. The summed E-state index contributed by atoms with van der Waals surface area (Å²) in [4.78, 5) is 12.0. The fraction of sp³-hybridized carbons (Fsp3) is 0.105. The maximum absolute atomic E-state index is 12.4. The van der Waals surface area contributed by atoms with Gasteiger partial charge in [-0.2, -0.15) is 0 Å². The Morgan fingerprint density at radius 3 is 2.38 bits per heavy atom. The maximum Gasteiger partial charge on any atom is 0.573 e. The monoisotopic (exact) mass is 361 g/mol. The predicted molar refractivity (Wildman–Crippen MR) is 91.2 cm³/mol. The number of halogens is 3. The molecule has 1 N–H and O–H groups in total. The van der Waals surface area contributed by atoms with Crippen LogP contribution in [0.5, 0.6) is 11.5 Å². The van der Waals surface area contributed by atoms with Crippen molar-refractivity contribution in [2.45, 2.75) is 6.36 Å². The summed E-state index contributed by atoms with van der Waals surface area (Å²) < 4.78 is 46.5. The third-order valence-corrected chi connectivity index (χ3v) is 3.48. The normalized spacial score (nSPS) is 11.2. The number of para-hydroxylation sites is 2. The quantitative estimate of drug-likeness (QED) is 0.713. The standard InChI is InChI=1S/C19H14F3NO3/c20-19(21,22)26-17-8-4-3-7-16(17)23-18(24)12-25-15-10-9-13-5-1-2-6-14(13)11-15/h1-11H,12H2,(H,23,24). The molecule has 0 aliphatic heterocycles. The number of carbonyl (C=O) groups excluding carboxylic acids is 1. The Morgan fingerprint density at radius 2 is 1.62 bits per heavy atom. The lowest BCUT2D eigenvalue weighted by Gasteiger charge is -2.14. The van der Waals surface area contributed by atoms with Crippen LogP contribution in [0.15, 0.2) is 66.7 Å². The number of nitrogens with one attached hydrogen (secondary N) is 1. The van der Waals surface area contributed by atoms with E-state index in [1.807, 2.05) is 30.3 Å². The molecule has 0 aromatic heterocycles. The van der Waals surface area contributed by atoms with Gasteiger partial charge in [0.1, 0.15) is 5.75 Å². The van der Waals surface area contributed by atoms with Crippen molar-refractivity contribution < 1.29 is 27.4 Å². The first-order valence-corrected chi connectivity index (χ1v) is 7.67. The highest BCUT2D eigenvalue weighted by Gasteiger charge is 2.32. The van der Waals surface area contributed by atoms with Gasteiger partial charge in [-0.25, -0.2) is 0 Å². The molecule has 0 bridgehead atoms. The summed E-state index contributed by atoms with van der Waals surface area (Å²) in [5.74, 6) is -0.603. The highest BCUT2D eigenvalue weighted by molar-refractivity contribution is 5.93. The van der Waals surface area contributed by atoms with Crippen LogP contribution in [0.1, 0.15) is 0 Å². The minimum absolute atomic E-state index is 0.0862. The third kappa shape index (κ3) is 4.66. The Bertz CT molecular complexity index is 925. The van der Waals surface area contributed by atoms with Gasteiger partial charge < -0.3 is 14.8 Å². The van der Waals surface area contributed by atoms with Crippen molar-refractivity contribution in [3.05, 3.63) is 66.7 Å². The lowest BCUT2D eigenvalue weighted by molar-refractivity contribution is -0.274. The Kier molecular flexibility index (Phi) is 4.97. The molecular formula is C19H14F3NO3. The molecular weight excluding hydrogens is 347 g/mol. The molecule has 0 saturated carbocycles. The number of ether oxygens (including phenoxy) is 2. The van der Waals surface area contributed by atoms with E-state index in [1.54, 1.807) is 12.1 Å². The number of benzene rings is 3. The Morgan fingerprint density at radius 1 is 0.923 bits per heavy atom. The minimum atomic E-state index is -4.84. The van der Waals surface area contributed by atoms with Crippen LogP contribution in [0.2, 0.25) is 0 Å². The molecule has 4 nitrogen and oxygen atoms in total. The van der Waals surface area contributed by atoms with E-state index in [1.165, 1.54) is 18.2 Å². The number of rotatable bonds is 5. The summed E-state index contributed by atoms with van der Waals surface area (Å²) in [6.45, 7) is -0.349. The largest absolute Gasteiger partial charge is 0.573 e. The topological polar surface area (TPSA) is 47.6 Å². The zero-order chi connectivity index (χ0) is 18.6. The van der Waals surface area contributed by atoms with Gasteiger partial charge in [0.25, 0.3) is 5.91 Å². The second kappa shape index (κ2) is 7.35. The lowest BCUT2D eigenvalue weighted by atomic mass is 10.1. The van der Waals surface area contributed by atoms with E-state index in [0.29, 0.717) is 5.75 Å². The fourth-order valence-corrected chi connectivity index (χ4v) is 2.38. The second-order valence-electron chi connectivity index (χ2n) is 5.39. The summed E-state index contributed by atoms with van der Waals surface area (Å²) in [6.07, 6.45) is -4.84. The van der Waals surface area contributed by atoms with Crippen molar-refractivity contribution in [3.63, 3.8) is 0 Å². The van der Waals surface area contributed by atoms with Crippen LogP contribution in [0.25, 0.3) is 10.8 Å². The van der Waals surface area contributed by atoms with Gasteiger partial charge in [-0.05, 0) is 35.0 Å². The molecule has 134 valence electrons. The van der Waals surface area contributed by atoms with Gasteiger partial charge in [0.2, 0.25) is 0 Å². The van der Waals surface area contributed by atoms with Gasteiger partial charge in [-0.1, -0.05) is 42.5 Å². The van der Waals surface area contributed by atoms with Crippen LogP contribution in [-0.2, 0) is 4.79 Å². The first-order valence-electron chi connectivity index (χ1n) is 7.67. The van der Waals surface area contributed by atoms with Gasteiger partial charge in [0, 0.05) is 0 Å². The molecule has 0 radical (unpaired) electrons. The van der Waals surface area contributed by atoms with E-state index >= 15 is 0 Å². The molecule has 0 saturated heterocycles. The average Bonchev–Trinajstić information content (AvgIpc) is 2.60. The SMILES string of the molecule is O=C(COc1ccc2ccccc2c1)Nc1ccccc1OC(F)(F)F. The van der Waals surface area contributed by atoms with Crippen LogP contribution in [0.4, 0.5) is 18.9 Å². The van der Waals surface area contributed by atoms with Crippen molar-refractivity contribution >= 4 is 22.4 Å². The van der Waals surface area contributed by atoms with E-state index in [4.69, 9.17) is 4.74 Å². The number of alkyl halides is 3. The van der Waals surface area contributed by atoms with Gasteiger partial charge in [0.15, 0.2) is 12.4 Å². The number of hydrogen-bond donors (Lipinski definition) is 1. The van der Waals surface area contributed by atoms with E-state index < -0.39 is 18.0 Å². The molecule has 0 aliphatic rings. The van der Waals surface area contributed by atoms with Gasteiger partial charge in [-0.3, -0.25) is 4.79 Å². The Hall–Kier alpha value is -3.22. The lowest BCUT2D eigenvalue weighted by Crippen LogP contribution is -2.22. The zero-order valence-corrected chi connectivity index (χ0v) is 13.4. The van der Waals surface area contributed by atoms with Crippen LogP contribution in [0.3, 0.4) is 0 Å². The predicted octanol–water partition coefficient (Wildman–Crippen LogP) is 4.76. The molecule has 0 unspecified atom stereocenters. The Balaban J connectivity index is 1.64. The minimum Gasteiger partial charge on any atom is -0.484 e. The number of fused-ring (bicyclic) bond motifs is 1. The van der Waals surface area contributed by atoms with E-state index in [0.717, 1.165) is 16.8 Å². The van der Waals surface area contributed by atoms with E-state index in [-0.39, 0.29) is 12.3 Å². The highest BCUT2D eigenvalue weighted by Crippen LogP contribution is 2.30. The Labute approximate surface area is 147 Å². The fourth-order valence-electron chi connectivity index (χ4n) is 2.38. The van der Waals surface area contributed by atoms with Crippen molar-refractivity contribution in [2.75, 3.05) is 11.9 Å². The summed E-state index contributed by atoms with van der Waals surface area (Å²) in [6, 6.07) is 18.3. The number of amides is 1. The molecule has 0 spiro atoms. The first-order chi connectivity index (χ1) is 12.4. The van der Waals surface area contributed by atoms with Gasteiger partial charge >= 0.3 is 6.36 Å². The van der Waals surface area contributed by atoms with Crippen LogP contribution in [-0.4, -0.2) is 18.9 Å². The smallest absolute Gasteiger partial charge is 0.484 e. The molecule has 0 fully saturated rings. The first kappa shape index (κ1) is 17.6. The summed E-state index contributed by atoms with van der Waals surface area (Å²) in [5, 5.41) is 4.33. The van der Waals surface area contributed by atoms with Crippen molar-refractivity contribution in [1.82, 2.24) is 0 Å². The second-order valence-corrected chi connectivity index (χ2v) is 5.39. The molecule has 3 aromatic rings. The van der Waals surface area contributed by atoms with E-state index in [9.17, 15) is 18.0 Å². The highest BCUT2D eigenvalue weighted by atomic mass is 19.4. The molecule has 3 rings (SSSR count). The molecule has 7 heteroatoms. The summed E-state index contributed by atoms with van der Waals surface area (Å²) in [7, 11) is 0. The van der Waals surface area contributed by atoms with Crippen molar-refractivity contribution in [1.29, 1.82) is 0 Å². The van der Waals surface area contributed by atoms with Gasteiger partial charge in [-0.15, -0.1) is 13.2 Å². The molecule has 0 atom stereocenters. The van der Waals surface area contributed by atoms with Gasteiger partial charge in [0.05, 0.1) is 5.69 Å². The summed E-state index contributed by atoms with van der Waals surface area (Å²) in [5.41, 5.74) is -0.0862. The third-order valence-electron chi connectivity index (χ3n) is 3.48. The van der Waals surface area contributed by atoms with Crippen molar-refractivity contribution in [2.24, 2.45) is 0 Å².